The third kappa shape index (κ3) is 3.35. The van der Waals surface area contributed by atoms with Gasteiger partial charge in [0, 0.05) is 38.7 Å². The minimum Gasteiger partial charge on any atom is -0.323 e. The number of unbranched alkanes of at least 4 members (excludes halogenated alkanes) is 1. The molecule has 0 aliphatic heterocycles. The van der Waals surface area contributed by atoms with Crippen LogP contribution in [0.15, 0.2) is 90.3 Å². The van der Waals surface area contributed by atoms with Crippen LogP contribution in [0.4, 0.5) is 0 Å². The summed E-state index contributed by atoms with van der Waals surface area (Å²) in [6.45, 7) is 3.21. The van der Waals surface area contributed by atoms with Gasteiger partial charge in [0.05, 0.1) is 11.4 Å². The third-order valence-electron chi connectivity index (χ3n) is 5.52. The predicted octanol–water partition coefficient (Wildman–Crippen LogP) is 7.90. The summed E-state index contributed by atoms with van der Waals surface area (Å²) in [6.07, 6.45) is 2.27. The number of rotatable bonds is 6. The first-order valence-electron chi connectivity index (χ1n) is 10.5. The van der Waals surface area contributed by atoms with Crippen molar-refractivity contribution in [1.82, 2.24) is 9.55 Å². The average molecular weight is 409 g/mol. The van der Waals surface area contributed by atoms with Crippen molar-refractivity contribution in [2.75, 3.05) is 0 Å². The summed E-state index contributed by atoms with van der Waals surface area (Å²) in [6, 6.07) is 29.9. The summed E-state index contributed by atoms with van der Waals surface area (Å²) in [5, 5.41) is 3.54. The highest BCUT2D eigenvalue weighted by Gasteiger charge is 2.22. The minimum absolute atomic E-state index is 0.958. The maximum Gasteiger partial charge on any atom is 0.142 e. The predicted molar refractivity (Wildman–Crippen MR) is 129 cm³/mol. The van der Waals surface area contributed by atoms with Crippen LogP contribution in [0.1, 0.15) is 19.8 Å². The van der Waals surface area contributed by atoms with Gasteiger partial charge in [0.1, 0.15) is 5.82 Å². The van der Waals surface area contributed by atoms with Crippen LogP contribution in [0, 0.1) is 0 Å². The van der Waals surface area contributed by atoms with Gasteiger partial charge in [-0.15, -0.1) is 11.3 Å². The Hall–Kier alpha value is -3.17. The van der Waals surface area contributed by atoms with Crippen molar-refractivity contribution >= 4 is 21.4 Å². The smallest absolute Gasteiger partial charge is 0.142 e. The molecule has 0 aliphatic rings. The normalized spacial score (nSPS) is 11.2. The van der Waals surface area contributed by atoms with Crippen LogP contribution >= 0.6 is 11.3 Å². The molecule has 0 saturated heterocycles. The molecule has 0 radical (unpaired) electrons. The highest BCUT2D eigenvalue weighted by atomic mass is 32.1. The van der Waals surface area contributed by atoms with Crippen molar-refractivity contribution in [3.05, 3.63) is 90.3 Å². The number of imidazole rings is 1. The number of aromatic nitrogens is 2. The Labute approximate surface area is 181 Å². The van der Waals surface area contributed by atoms with Crippen molar-refractivity contribution in [3.8, 4) is 33.9 Å². The number of hydrogen-bond acceptors (Lipinski definition) is 2. The molecule has 5 rings (SSSR count). The van der Waals surface area contributed by atoms with Gasteiger partial charge in [0.25, 0.3) is 0 Å². The molecular weight excluding hydrogens is 384 g/mol. The molecule has 2 heterocycles. The van der Waals surface area contributed by atoms with Crippen LogP contribution in [0.5, 0.6) is 0 Å². The van der Waals surface area contributed by atoms with E-state index in [0.717, 1.165) is 36.5 Å². The van der Waals surface area contributed by atoms with Crippen LogP contribution in [0.25, 0.3) is 44.0 Å². The maximum atomic E-state index is 5.27. The molecule has 0 unspecified atom stereocenters. The number of nitrogens with zero attached hydrogens (tertiary/aromatic N) is 2. The highest BCUT2D eigenvalue weighted by Crippen LogP contribution is 2.40. The molecule has 0 saturated carbocycles. The molecule has 0 bridgehead atoms. The lowest BCUT2D eigenvalue weighted by Gasteiger charge is -2.13. The van der Waals surface area contributed by atoms with Crippen molar-refractivity contribution in [1.29, 1.82) is 0 Å². The zero-order valence-corrected chi connectivity index (χ0v) is 17.9. The van der Waals surface area contributed by atoms with Gasteiger partial charge < -0.3 is 4.57 Å². The Kier molecular flexibility index (Phi) is 5.20. The summed E-state index contributed by atoms with van der Waals surface area (Å²) in [4.78, 5) is 5.27. The van der Waals surface area contributed by atoms with Gasteiger partial charge in [0.15, 0.2) is 0 Å². The average Bonchev–Trinajstić information content (AvgIpc) is 3.40. The van der Waals surface area contributed by atoms with Crippen molar-refractivity contribution in [2.45, 2.75) is 26.3 Å². The lowest BCUT2D eigenvalue weighted by atomic mass is 10.0. The van der Waals surface area contributed by atoms with E-state index >= 15 is 0 Å². The highest BCUT2D eigenvalue weighted by molar-refractivity contribution is 7.17. The number of benzene rings is 3. The SMILES string of the molecule is CCCCn1c(-c2csc3ccccc23)nc(-c2ccccc2)c1-c1ccccc1. The number of fused-ring (bicyclic) bond motifs is 1. The van der Waals surface area contributed by atoms with Gasteiger partial charge in [-0.25, -0.2) is 4.98 Å². The van der Waals surface area contributed by atoms with Gasteiger partial charge in [-0.2, -0.15) is 0 Å². The van der Waals surface area contributed by atoms with E-state index in [-0.39, 0.29) is 0 Å². The van der Waals surface area contributed by atoms with Crippen LogP contribution in [-0.2, 0) is 6.54 Å². The molecule has 30 heavy (non-hydrogen) atoms. The monoisotopic (exact) mass is 408 g/mol. The van der Waals surface area contributed by atoms with Crippen molar-refractivity contribution < 1.29 is 0 Å². The Balaban J connectivity index is 1.81. The zero-order chi connectivity index (χ0) is 20.3. The summed E-state index contributed by atoms with van der Waals surface area (Å²) in [7, 11) is 0. The Morgan fingerprint density at radius 3 is 2.20 bits per heavy atom. The fraction of sp³-hybridized carbons (Fsp3) is 0.148. The van der Waals surface area contributed by atoms with E-state index < -0.39 is 0 Å². The van der Waals surface area contributed by atoms with Crippen LogP contribution in [-0.4, -0.2) is 9.55 Å². The molecule has 0 atom stereocenters. The van der Waals surface area contributed by atoms with Gasteiger partial charge in [-0.1, -0.05) is 92.2 Å². The first kappa shape index (κ1) is 18.8. The van der Waals surface area contributed by atoms with E-state index in [1.54, 1.807) is 11.3 Å². The molecule has 0 amide bonds. The van der Waals surface area contributed by atoms with Crippen LogP contribution in [0.2, 0.25) is 0 Å². The first-order chi connectivity index (χ1) is 14.9. The lowest BCUT2D eigenvalue weighted by molar-refractivity contribution is 0.642. The summed E-state index contributed by atoms with van der Waals surface area (Å²) >= 11 is 1.79. The van der Waals surface area contributed by atoms with E-state index in [0.29, 0.717) is 0 Å². The number of thiophene rings is 1. The number of hydrogen-bond donors (Lipinski definition) is 0. The third-order valence-corrected chi connectivity index (χ3v) is 6.48. The van der Waals surface area contributed by atoms with Gasteiger partial charge in [0.2, 0.25) is 0 Å². The molecule has 0 N–H and O–H groups in total. The Morgan fingerprint density at radius 2 is 1.47 bits per heavy atom. The molecule has 0 fully saturated rings. The van der Waals surface area contributed by atoms with E-state index in [1.165, 1.54) is 26.9 Å². The largest absolute Gasteiger partial charge is 0.323 e. The van der Waals surface area contributed by atoms with Crippen molar-refractivity contribution in [3.63, 3.8) is 0 Å². The van der Waals surface area contributed by atoms with Gasteiger partial charge in [-0.3, -0.25) is 0 Å². The van der Waals surface area contributed by atoms with E-state index in [4.69, 9.17) is 4.98 Å². The standard InChI is InChI=1S/C27H24N2S/c1-2-3-18-29-26(21-14-8-5-9-15-21)25(20-12-6-4-7-13-20)28-27(29)23-19-30-24-17-11-10-16-22(23)24/h4-17,19H,2-3,18H2,1H3. The molecular formula is C27H24N2S. The summed E-state index contributed by atoms with van der Waals surface area (Å²) in [5.74, 6) is 1.07. The maximum absolute atomic E-state index is 5.27. The lowest BCUT2D eigenvalue weighted by Crippen LogP contribution is -2.03. The Morgan fingerprint density at radius 1 is 0.800 bits per heavy atom. The van der Waals surface area contributed by atoms with E-state index in [2.05, 4.69) is 102 Å². The Bertz CT molecular complexity index is 1270. The molecule has 0 spiro atoms. The fourth-order valence-electron chi connectivity index (χ4n) is 4.03. The molecule has 3 heteroatoms. The topological polar surface area (TPSA) is 17.8 Å². The van der Waals surface area contributed by atoms with Crippen molar-refractivity contribution in [2.24, 2.45) is 0 Å². The fourth-order valence-corrected chi connectivity index (χ4v) is 4.97. The molecule has 3 aromatic carbocycles. The van der Waals surface area contributed by atoms with Crippen LogP contribution < -0.4 is 0 Å². The zero-order valence-electron chi connectivity index (χ0n) is 17.1. The quantitative estimate of drug-likeness (QED) is 0.279. The summed E-state index contributed by atoms with van der Waals surface area (Å²) in [5.41, 5.74) is 5.87. The van der Waals surface area contributed by atoms with Gasteiger partial charge >= 0.3 is 0 Å². The minimum atomic E-state index is 0.958. The first-order valence-corrected chi connectivity index (χ1v) is 11.4. The van der Waals surface area contributed by atoms with Crippen LogP contribution in [0.3, 0.4) is 0 Å². The molecule has 148 valence electrons. The molecule has 5 aromatic rings. The van der Waals surface area contributed by atoms with Gasteiger partial charge in [-0.05, 0) is 12.5 Å². The second-order valence-electron chi connectivity index (χ2n) is 7.52. The summed E-state index contributed by atoms with van der Waals surface area (Å²) < 4.78 is 3.75. The molecule has 0 aliphatic carbocycles. The second-order valence-corrected chi connectivity index (χ2v) is 8.43. The molecule has 2 nitrogen and oxygen atoms in total. The van der Waals surface area contributed by atoms with E-state index in [1.807, 2.05) is 0 Å². The second kappa shape index (κ2) is 8.29. The van der Waals surface area contributed by atoms with E-state index in [9.17, 15) is 0 Å². The molecule has 2 aromatic heterocycles.